The van der Waals surface area contributed by atoms with Crippen molar-refractivity contribution in [2.24, 2.45) is 0 Å². The van der Waals surface area contributed by atoms with E-state index in [0.29, 0.717) is 16.3 Å². The fourth-order valence-electron chi connectivity index (χ4n) is 3.93. The fraction of sp³-hybridized carbons (Fsp3) is 0.120. The molecule has 0 saturated carbocycles. The number of phenolic OH excluding ortho intramolecular Hbond substituents is 1. The number of methoxy groups -OCH3 is 2. The van der Waals surface area contributed by atoms with Crippen molar-refractivity contribution in [3.05, 3.63) is 88.5 Å². The summed E-state index contributed by atoms with van der Waals surface area (Å²) in [4.78, 5) is 27.7. The number of benzene rings is 3. The van der Waals surface area contributed by atoms with Gasteiger partial charge in [-0.2, -0.15) is 0 Å². The van der Waals surface area contributed by atoms with E-state index in [9.17, 15) is 19.8 Å². The number of ketones is 1. The Bertz CT molecular complexity index is 1250. The van der Waals surface area contributed by atoms with Crippen molar-refractivity contribution in [2.75, 3.05) is 19.1 Å². The number of halogens is 1. The van der Waals surface area contributed by atoms with Crippen LogP contribution in [0.2, 0.25) is 5.02 Å². The molecule has 1 saturated heterocycles. The molecule has 8 heteroatoms. The number of rotatable bonds is 5. The number of nitrogens with zero attached hydrogens (tertiary/aromatic N) is 1. The normalized spacial score (nSPS) is 17.3. The minimum absolute atomic E-state index is 0.0518. The maximum atomic E-state index is 13.3. The molecule has 0 aromatic heterocycles. The number of hydrogen-bond acceptors (Lipinski definition) is 6. The molecule has 0 spiro atoms. The first-order valence-electron chi connectivity index (χ1n) is 9.94. The summed E-state index contributed by atoms with van der Waals surface area (Å²) in [6.07, 6.45) is 0. The Kier molecular flexibility index (Phi) is 5.98. The van der Waals surface area contributed by atoms with Crippen molar-refractivity contribution in [1.82, 2.24) is 0 Å². The van der Waals surface area contributed by atoms with Crippen LogP contribution in [0.5, 0.6) is 17.2 Å². The van der Waals surface area contributed by atoms with Crippen LogP contribution in [0.25, 0.3) is 5.76 Å². The molecule has 3 aromatic carbocycles. The van der Waals surface area contributed by atoms with Crippen LogP contribution in [0.3, 0.4) is 0 Å². The van der Waals surface area contributed by atoms with Crippen molar-refractivity contribution in [3.8, 4) is 17.2 Å². The third-order valence-electron chi connectivity index (χ3n) is 5.40. The summed E-state index contributed by atoms with van der Waals surface area (Å²) in [6, 6.07) is 16.4. The quantitative estimate of drug-likeness (QED) is 0.322. The molecule has 3 aromatic rings. The topological polar surface area (TPSA) is 96.3 Å². The number of ether oxygens (including phenoxy) is 2. The molecule has 0 bridgehead atoms. The van der Waals surface area contributed by atoms with Gasteiger partial charge in [0, 0.05) is 10.7 Å². The van der Waals surface area contributed by atoms with Gasteiger partial charge in [0.2, 0.25) is 0 Å². The van der Waals surface area contributed by atoms with Crippen LogP contribution in [-0.4, -0.2) is 36.1 Å². The first kappa shape index (κ1) is 22.2. The molecule has 0 aliphatic carbocycles. The van der Waals surface area contributed by atoms with E-state index in [1.54, 1.807) is 54.6 Å². The van der Waals surface area contributed by atoms with E-state index in [2.05, 4.69) is 0 Å². The molecule has 1 fully saturated rings. The highest BCUT2D eigenvalue weighted by atomic mass is 35.5. The van der Waals surface area contributed by atoms with E-state index in [0.717, 1.165) is 0 Å². The van der Waals surface area contributed by atoms with Crippen molar-refractivity contribution in [1.29, 1.82) is 0 Å². The zero-order valence-electron chi connectivity index (χ0n) is 17.8. The van der Waals surface area contributed by atoms with Gasteiger partial charge in [-0.1, -0.05) is 29.8 Å². The second kappa shape index (κ2) is 8.88. The second-order valence-electron chi connectivity index (χ2n) is 7.28. The zero-order valence-corrected chi connectivity index (χ0v) is 18.5. The predicted molar refractivity (Wildman–Crippen MR) is 124 cm³/mol. The minimum atomic E-state index is -1.02. The highest BCUT2D eigenvalue weighted by Crippen LogP contribution is 2.45. The van der Waals surface area contributed by atoms with Crippen molar-refractivity contribution in [2.45, 2.75) is 6.04 Å². The Labute approximate surface area is 195 Å². The van der Waals surface area contributed by atoms with Gasteiger partial charge < -0.3 is 19.7 Å². The summed E-state index contributed by atoms with van der Waals surface area (Å²) in [6.45, 7) is 0. The van der Waals surface area contributed by atoms with E-state index >= 15 is 0 Å². The highest BCUT2D eigenvalue weighted by Gasteiger charge is 2.47. The average Bonchev–Trinajstić information content (AvgIpc) is 3.09. The maximum absolute atomic E-state index is 13.3. The Balaban J connectivity index is 2.01. The van der Waals surface area contributed by atoms with E-state index in [1.807, 2.05) is 0 Å². The molecule has 0 radical (unpaired) electrons. The van der Waals surface area contributed by atoms with E-state index in [-0.39, 0.29) is 28.4 Å². The Hall–Kier alpha value is -3.97. The summed E-state index contributed by atoms with van der Waals surface area (Å²) < 4.78 is 10.8. The second-order valence-corrected chi connectivity index (χ2v) is 7.71. The number of carbonyl (C=O) groups excluding carboxylic acids is 2. The summed E-state index contributed by atoms with van der Waals surface area (Å²) in [5.74, 6) is -1.69. The standard InChI is InChI=1S/C25H20ClNO6/c1-32-18-7-4-8-19(33-2)20(18)23(29)21-22(14-5-3-6-17(28)13-14)27(25(31)24(21)30)16-11-9-15(26)10-12-16/h3-13,22,28-29H,1-2H3/b23-21+. The van der Waals surface area contributed by atoms with Crippen LogP contribution < -0.4 is 14.4 Å². The molecule has 1 unspecified atom stereocenters. The third-order valence-corrected chi connectivity index (χ3v) is 5.65. The number of aliphatic hydroxyl groups is 1. The van der Waals surface area contributed by atoms with Gasteiger partial charge in [0.15, 0.2) is 0 Å². The van der Waals surface area contributed by atoms with Crippen molar-refractivity contribution < 1.29 is 29.3 Å². The predicted octanol–water partition coefficient (Wildman–Crippen LogP) is 4.69. The van der Waals surface area contributed by atoms with Crippen LogP contribution in [0, 0.1) is 0 Å². The van der Waals surface area contributed by atoms with E-state index in [4.69, 9.17) is 21.1 Å². The van der Waals surface area contributed by atoms with Crippen LogP contribution >= 0.6 is 11.6 Å². The summed E-state index contributed by atoms with van der Waals surface area (Å²) in [5, 5.41) is 21.9. The number of anilines is 1. The fourth-order valence-corrected chi connectivity index (χ4v) is 4.06. The van der Waals surface area contributed by atoms with E-state index < -0.39 is 23.5 Å². The van der Waals surface area contributed by atoms with Gasteiger partial charge in [0.05, 0.1) is 25.8 Å². The lowest BCUT2D eigenvalue weighted by molar-refractivity contribution is -0.132. The molecule has 2 N–H and O–H groups in total. The minimum Gasteiger partial charge on any atom is -0.508 e. The SMILES string of the molecule is COc1cccc(OC)c1/C(O)=C1\C(=O)C(=O)N(c2ccc(Cl)cc2)C1c1cccc(O)c1. The molecule has 1 aliphatic heterocycles. The van der Waals surface area contributed by atoms with Gasteiger partial charge in [-0.15, -0.1) is 0 Å². The van der Waals surface area contributed by atoms with Gasteiger partial charge in [-0.05, 0) is 54.1 Å². The summed E-state index contributed by atoms with van der Waals surface area (Å²) >= 11 is 6.00. The largest absolute Gasteiger partial charge is 0.508 e. The lowest BCUT2D eigenvalue weighted by Crippen LogP contribution is -2.29. The molecule has 168 valence electrons. The number of phenols is 1. The van der Waals surface area contributed by atoms with Crippen molar-refractivity contribution >= 4 is 34.7 Å². The Morgan fingerprint density at radius 2 is 1.55 bits per heavy atom. The van der Waals surface area contributed by atoms with Gasteiger partial charge >= 0.3 is 0 Å². The molecule has 1 aliphatic rings. The zero-order chi connectivity index (χ0) is 23.7. The molecule has 4 rings (SSSR count). The van der Waals surface area contributed by atoms with Gasteiger partial charge in [-0.25, -0.2) is 0 Å². The number of aromatic hydroxyl groups is 1. The number of aliphatic hydroxyl groups excluding tert-OH is 1. The van der Waals surface area contributed by atoms with Gasteiger partial charge in [0.1, 0.15) is 28.6 Å². The lowest BCUT2D eigenvalue weighted by Gasteiger charge is -2.26. The first-order chi connectivity index (χ1) is 15.9. The van der Waals surface area contributed by atoms with Crippen LogP contribution in [0.1, 0.15) is 17.2 Å². The summed E-state index contributed by atoms with van der Waals surface area (Å²) in [7, 11) is 2.84. The van der Waals surface area contributed by atoms with Crippen LogP contribution in [0.15, 0.2) is 72.3 Å². The molecule has 33 heavy (non-hydrogen) atoms. The number of amides is 1. The maximum Gasteiger partial charge on any atom is 0.300 e. The first-order valence-corrected chi connectivity index (χ1v) is 10.3. The lowest BCUT2D eigenvalue weighted by atomic mass is 9.94. The molecule has 7 nitrogen and oxygen atoms in total. The van der Waals surface area contributed by atoms with Gasteiger partial charge in [-0.3, -0.25) is 14.5 Å². The number of carbonyl (C=O) groups is 2. The third kappa shape index (κ3) is 3.87. The highest BCUT2D eigenvalue weighted by molar-refractivity contribution is 6.51. The Morgan fingerprint density at radius 3 is 2.12 bits per heavy atom. The molecular weight excluding hydrogens is 446 g/mol. The smallest absolute Gasteiger partial charge is 0.300 e. The monoisotopic (exact) mass is 465 g/mol. The average molecular weight is 466 g/mol. The molecule has 1 atom stereocenters. The van der Waals surface area contributed by atoms with Crippen molar-refractivity contribution in [3.63, 3.8) is 0 Å². The van der Waals surface area contributed by atoms with Crippen LogP contribution in [0.4, 0.5) is 5.69 Å². The molecular formula is C25H20ClNO6. The molecule has 1 heterocycles. The Morgan fingerprint density at radius 1 is 0.939 bits per heavy atom. The summed E-state index contributed by atoms with van der Waals surface area (Å²) in [5.41, 5.74) is 0.811. The van der Waals surface area contributed by atoms with E-state index in [1.165, 1.54) is 31.3 Å². The number of Topliss-reactive ketones (excluding diaryl/α,β-unsaturated/α-hetero) is 1. The van der Waals surface area contributed by atoms with Gasteiger partial charge in [0.25, 0.3) is 11.7 Å². The number of hydrogen-bond donors (Lipinski definition) is 2. The molecule has 1 amide bonds. The van der Waals surface area contributed by atoms with Crippen LogP contribution in [-0.2, 0) is 9.59 Å².